The Morgan fingerprint density at radius 1 is 0.460 bits per heavy atom. The molecule has 1 fully saturated rings. The van der Waals surface area contributed by atoms with Crippen molar-refractivity contribution in [3.63, 3.8) is 0 Å². The summed E-state index contributed by atoms with van der Waals surface area (Å²) in [6.45, 7) is 0. The van der Waals surface area contributed by atoms with Crippen molar-refractivity contribution in [3.8, 4) is 22.3 Å². The summed E-state index contributed by atoms with van der Waals surface area (Å²) in [6.07, 6.45) is 8.09. The van der Waals surface area contributed by atoms with Crippen molar-refractivity contribution >= 4 is 39.1 Å². The van der Waals surface area contributed by atoms with E-state index in [-0.39, 0.29) is 5.54 Å². The van der Waals surface area contributed by atoms with Crippen molar-refractivity contribution in [2.24, 2.45) is 5.92 Å². The van der Waals surface area contributed by atoms with Crippen LogP contribution in [-0.2, 0) is 0 Å². The van der Waals surface area contributed by atoms with Gasteiger partial charge in [-0.3, -0.25) is 0 Å². The molecular weight excluding hydrogens is 605 g/mol. The Hall–Kier alpha value is -6.12. The molecule has 0 aliphatic heterocycles. The lowest BCUT2D eigenvalue weighted by atomic mass is 9.93. The number of benzene rings is 7. The van der Waals surface area contributed by atoms with Gasteiger partial charge in [-0.2, -0.15) is 0 Å². The summed E-state index contributed by atoms with van der Waals surface area (Å²) in [7, 11) is 2.25. The van der Waals surface area contributed by atoms with E-state index in [2.05, 4.69) is 211 Å². The van der Waals surface area contributed by atoms with Crippen LogP contribution in [0.15, 0.2) is 194 Å². The maximum atomic E-state index is 2.47. The molecule has 0 bridgehead atoms. The van der Waals surface area contributed by atoms with Crippen molar-refractivity contribution in [1.82, 2.24) is 0 Å². The fraction of sp³-hybridized carbons (Fsp3) is 0.0833. The number of anilines is 4. The first-order valence-electron chi connectivity index (χ1n) is 17.5. The van der Waals surface area contributed by atoms with Gasteiger partial charge in [0.15, 0.2) is 0 Å². The molecule has 1 saturated carbocycles. The quantitative estimate of drug-likeness (QED) is 0.163. The highest BCUT2D eigenvalue weighted by atomic mass is 15.2. The minimum atomic E-state index is 0.0487. The summed E-state index contributed by atoms with van der Waals surface area (Å²) < 4.78 is 0. The van der Waals surface area contributed by atoms with Gasteiger partial charge in [-0.25, -0.2) is 0 Å². The molecule has 0 spiro atoms. The first-order chi connectivity index (χ1) is 24.7. The van der Waals surface area contributed by atoms with Gasteiger partial charge in [0.25, 0.3) is 0 Å². The fourth-order valence-corrected chi connectivity index (χ4v) is 7.82. The van der Waals surface area contributed by atoms with Crippen LogP contribution in [0.2, 0.25) is 0 Å². The van der Waals surface area contributed by atoms with Crippen LogP contribution in [0.25, 0.3) is 38.6 Å². The van der Waals surface area contributed by atoms with Gasteiger partial charge >= 0.3 is 0 Å². The van der Waals surface area contributed by atoms with Crippen molar-refractivity contribution in [2.45, 2.75) is 12.0 Å². The van der Waals surface area contributed by atoms with Gasteiger partial charge in [0.1, 0.15) is 0 Å². The molecule has 50 heavy (non-hydrogen) atoms. The number of hydrogen-bond acceptors (Lipinski definition) is 2. The molecule has 0 aromatic heterocycles. The summed E-state index contributed by atoms with van der Waals surface area (Å²) in [4.78, 5) is 4.84. The molecule has 2 unspecified atom stereocenters. The fourth-order valence-electron chi connectivity index (χ4n) is 7.82. The Balaban J connectivity index is 1.00. The number of rotatable bonds is 8. The highest BCUT2D eigenvalue weighted by molar-refractivity contribution is 5.90. The molecule has 7 aromatic carbocycles. The largest absolute Gasteiger partial charge is 0.365 e. The second-order valence-corrected chi connectivity index (χ2v) is 13.5. The average Bonchev–Trinajstić information content (AvgIpc) is 3.96. The lowest BCUT2D eigenvalue weighted by Crippen LogP contribution is -2.35. The first-order valence-corrected chi connectivity index (χ1v) is 17.5. The third-order valence-electron chi connectivity index (χ3n) is 10.7. The smallest absolute Gasteiger partial charge is 0.0660 e. The molecule has 2 atom stereocenters. The molecule has 9 rings (SSSR count). The van der Waals surface area contributed by atoms with Crippen LogP contribution in [0, 0.1) is 5.92 Å². The molecule has 0 radical (unpaired) electrons. The van der Waals surface area contributed by atoms with Crippen LogP contribution < -0.4 is 9.80 Å². The highest BCUT2D eigenvalue weighted by Gasteiger charge is 2.58. The zero-order valence-corrected chi connectivity index (χ0v) is 28.2. The average molecular weight is 643 g/mol. The molecule has 0 saturated heterocycles. The molecule has 2 aliphatic carbocycles. The van der Waals surface area contributed by atoms with E-state index in [9.17, 15) is 0 Å². The highest BCUT2D eigenvalue weighted by Crippen LogP contribution is 2.58. The second-order valence-electron chi connectivity index (χ2n) is 13.5. The summed E-state index contributed by atoms with van der Waals surface area (Å²) in [5.74, 6) is 0.519. The van der Waals surface area contributed by atoms with E-state index in [0.717, 1.165) is 23.5 Å². The normalized spacial score (nSPS) is 17.5. The summed E-state index contributed by atoms with van der Waals surface area (Å²) in [6, 6.07) is 63.7. The SMILES string of the molecule is CN(c1ccc(-c2ccc(N(c3cccc(-c4ccccc4)c3)c3ccc4ccccc4c3)cc2)cc1)C12C=CC=C(c3ccccc3)C1C2. The van der Waals surface area contributed by atoms with Crippen molar-refractivity contribution in [1.29, 1.82) is 0 Å². The lowest BCUT2D eigenvalue weighted by Gasteiger charge is -2.31. The predicted octanol–water partition coefficient (Wildman–Crippen LogP) is 12.5. The van der Waals surface area contributed by atoms with Crippen LogP contribution in [0.1, 0.15) is 12.0 Å². The maximum Gasteiger partial charge on any atom is 0.0660 e. The lowest BCUT2D eigenvalue weighted by molar-refractivity contribution is 0.726. The molecule has 0 heterocycles. The number of allylic oxidation sites excluding steroid dienone is 2. The van der Waals surface area contributed by atoms with Gasteiger partial charge in [-0.1, -0.05) is 146 Å². The Kier molecular flexibility index (Phi) is 7.43. The number of nitrogens with zero attached hydrogens (tertiary/aromatic N) is 2. The topological polar surface area (TPSA) is 6.48 Å². The first kappa shape index (κ1) is 30.0. The molecule has 0 amide bonds. The van der Waals surface area contributed by atoms with E-state index in [1.165, 1.54) is 49.9 Å². The van der Waals surface area contributed by atoms with Crippen LogP contribution in [0.4, 0.5) is 22.7 Å². The predicted molar refractivity (Wildman–Crippen MR) is 212 cm³/mol. The number of hydrogen-bond donors (Lipinski definition) is 0. The van der Waals surface area contributed by atoms with Crippen molar-refractivity contribution in [2.75, 3.05) is 16.8 Å². The Labute approximate surface area is 294 Å². The molecule has 2 nitrogen and oxygen atoms in total. The summed E-state index contributed by atoms with van der Waals surface area (Å²) >= 11 is 0. The van der Waals surface area contributed by atoms with Crippen LogP contribution >= 0.6 is 0 Å². The molecule has 2 aliphatic rings. The van der Waals surface area contributed by atoms with Crippen LogP contribution in [0.5, 0.6) is 0 Å². The second kappa shape index (κ2) is 12.4. The minimum Gasteiger partial charge on any atom is -0.365 e. The van der Waals surface area contributed by atoms with Gasteiger partial charge < -0.3 is 9.80 Å². The Bertz CT molecular complexity index is 2360. The van der Waals surface area contributed by atoms with Crippen molar-refractivity contribution in [3.05, 3.63) is 200 Å². The van der Waals surface area contributed by atoms with E-state index in [1.54, 1.807) is 0 Å². The Morgan fingerprint density at radius 3 is 1.74 bits per heavy atom. The minimum absolute atomic E-state index is 0.0487. The number of fused-ring (bicyclic) bond motifs is 2. The van der Waals surface area contributed by atoms with Gasteiger partial charge in [-0.05, 0) is 99.1 Å². The van der Waals surface area contributed by atoms with Gasteiger partial charge in [0.05, 0.1) is 5.54 Å². The maximum absolute atomic E-state index is 2.47. The van der Waals surface area contributed by atoms with Crippen molar-refractivity contribution < 1.29 is 0 Å². The van der Waals surface area contributed by atoms with Gasteiger partial charge in [-0.15, -0.1) is 0 Å². The third kappa shape index (κ3) is 5.40. The summed E-state index contributed by atoms with van der Waals surface area (Å²) in [5, 5.41) is 2.46. The molecular formula is C48H38N2. The van der Waals surface area contributed by atoms with E-state index in [1.807, 2.05) is 0 Å². The van der Waals surface area contributed by atoms with Crippen LogP contribution in [-0.4, -0.2) is 12.6 Å². The van der Waals surface area contributed by atoms with E-state index in [4.69, 9.17) is 0 Å². The monoisotopic (exact) mass is 642 g/mol. The number of likely N-dealkylation sites (N-methyl/N-ethyl adjacent to an activating group) is 1. The Morgan fingerprint density at radius 2 is 1.02 bits per heavy atom. The molecule has 0 N–H and O–H groups in total. The zero-order chi connectivity index (χ0) is 33.5. The van der Waals surface area contributed by atoms with E-state index >= 15 is 0 Å². The van der Waals surface area contributed by atoms with Gasteiger partial charge in [0.2, 0.25) is 0 Å². The molecule has 7 aromatic rings. The van der Waals surface area contributed by atoms with E-state index < -0.39 is 0 Å². The summed E-state index contributed by atoms with van der Waals surface area (Å²) in [5.41, 5.74) is 12.3. The molecule has 2 heteroatoms. The standard InChI is InChI=1S/C48H38N2/c1-49(48-31-11-20-46(47(48)34-48)39-15-6-3-7-16-39)42-26-21-37(22-27-42)38-23-28-43(29-24-38)50(45-30-25-36-14-8-9-17-40(36)33-45)44-19-10-18-41(32-44)35-12-4-2-5-13-35/h2-33,47H,34H2,1H3. The third-order valence-corrected chi connectivity index (χ3v) is 10.7. The molecule has 240 valence electrons. The zero-order valence-electron chi connectivity index (χ0n) is 28.2. The van der Waals surface area contributed by atoms with Crippen LogP contribution in [0.3, 0.4) is 0 Å². The van der Waals surface area contributed by atoms with E-state index in [0.29, 0.717) is 5.92 Å². The van der Waals surface area contributed by atoms with Gasteiger partial charge in [0, 0.05) is 35.7 Å².